The molecule has 0 saturated carbocycles. The van der Waals surface area contributed by atoms with Gasteiger partial charge in [-0.1, -0.05) is 30.8 Å². The largest absolute Gasteiger partial charge is 0.497 e. The van der Waals surface area contributed by atoms with Crippen molar-refractivity contribution in [2.24, 2.45) is 0 Å². The third-order valence-electron chi connectivity index (χ3n) is 7.26. The summed E-state index contributed by atoms with van der Waals surface area (Å²) in [6.07, 6.45) is 6.81. The van der Waals surface area contributed by atoms with Crippen LogP contribution >= 0.6 is 11.3 Å². The average molecular weight is 581 g/mol. The Hall–Kier alpha value is -4.70. The number of anilines is 1. The number of rotatable bonds is 9. The van der Waals surface area contributed by atoms with Gasteiger partial charge < -0.3 is 19.7 Å². The van der Waals surface area contributed by atoms with Crippen molar-refractivity contribution in [1.29, 1.82) is 0 Å². The maximum Gasteiger partial charge on any atom is 0.246 e. The number of thiazole rings is 1. The fraction of sp³-hybridized carbons (Fsp3) is 0.250. The number of likely N-dealkylation sites (tertiary alicyclic amines) is 1. The number of ether oxygens (including phenoxy) is 2. The summed E-state index contributed by atoms with van der Waals surface area (Å²) in [7, 11) is 1.65. The maximum absolute atomic E-state index is 12.3. The highest BCUT2D eigenvalue weighted by atomic mass is 32.1. The van der Waals surface area contributed by atoms with E-state index in [9.17, 15) is 4.79 Å². The zero-order valence-electron chi connectivity index (χ0n) is 23.6. The molecule has 9 nitrogen and oxygen atoms in total. The van der Waals surface area contributed by atoms with E-state index in [1.165, 1.54) is 6.08 Å². The first-order valence-corrected chi connectivity index (χ1v) is 14.7. The third kappa shape index (κ3) is 5.84. The summed E-state index contributed by atoms with van der Waals surface area (Å²) in [4.78, 5) is 24.6. The number of fused-ring (bicyclic) bond motifs is 1. The second-order valence-electron chi connectivity index (χ2n) is 10.2. The second kappa shape index (κ2) is 12.0. The van der Waals surface area contributed by atoms with Gasteiger partial charge in [0.1, 0.15) is 27.6 Å². The first-order valence-electron chi connectivity index (χ1n) is 13.9. The molecule has 42 heavy (non-hydrogen) atoms. The van der Waals surface area contributed by atoms with Crippen molar-refractivity contribution in [2.45, 2.75) is 32.4 Å². The number of pyridine rings is 1. The molecule has 6 rings (SSSR count). The molecule has 1 atom stereocenters. The summed E-state index contributed by atoms with van der Waals surface area (Å²) in [5.41, 5.74) is 2.76. The molecule has 214 valence electrons. The minimum atomic E-state index is -0.0580. The van der Waals surface area contributed by atoms with E-state index in [1.54, 1.807) is 24.6 Å². The first-order chi connectivity index (χ1) is 20.5. The summed E-state index contributed by atoms with van der Waals surface area (Å²) in [5, 5.41) is 10.3. The molecule has 1 fully saturated rings. The summed E-state index contributed by atoms with van der Waals surface area (Å²) in [5.74, 6) is 2.75. The van der Waals surface area contributed by atoms with Crippen molar-refractivity contribution in [3.63, 3.8) is 0 Å². The molecule has 3 aromatic heterocycles. The van der Waals surface area contributed by atoms with E-state index < -0.39 is 0 Å². The van der Waals surface area contributed by atoms with Gasteiger partial charge in [-0.2, -0.15) is 5.10 Å². The predicted octanol–water partition coefficient (Wildman–Crippen LogP) is 6.30. The van der Waals surface area contributed by atoms with E-state index >= 15 is 0 Å². The quantitative estimate of drug-likeness (QED) is 0.205. The molecule has 1 saturated heterocycles. The van der Waals surface area contributed by atoms with E-state index in [0.717, 1.165) is 51.5 Å². The topological polar surface area (TPSA) is 94.4 Å². The number of hydrogen-bond donors (Lipinski definition) is 1. The number of carbonyl (C=O) groups excluding carboxylic acids is 1. The Balaban J connectivity index is 1.36. The Kier molecular flexibility index (Phi) is 7.87. The van der Waals surface area contributed by atoms with Crippen LogP contribution in [0.25, 0.3) is 21.6 Å². The molecular formula is C32H32N6O3S. The summed E-state index contributed by atoms with van der Waals surface area (Å²) in [6, 6.07) is 17.7. The van der Waals surface area contributed by atoms with Crippen molar-refractivity contribution in [2.75, 3.05) is 25.5 Å². The number of nitrogens with zero attached hydrogens (tertiary/aromatic N) is 5. The van der Waals surface area contributed by atoms with Gasteiger partial charge in [-0.3, -0.25) is 4.79 Å². The molecule has 0 radical (unpaired) electrons. The molecule has 1 aliphatic rings. The number of methoxy groups -OCH3 is 1. The zero-order valence-corrected chi connectivity index (χ0v) is 24.4. The standard InChI is InChI=1S/C32H32N6O3S/c1-4-28(39)37-16-6-8-24(20-37)35-30-29-27(41-26-9-5-7-23(17-26)32-34-18-21(2)42-32)14-15-33-31(29)38(36-30)19-22-10-12-25(40-3)13-11-22/h4-5,7,9-15,17-18,24H,1,6,8,16,19-20H2,2-3H3,(H,35,36)/t24-/m1/s1. The number of hydrogen-bond acceptors (Lipinski definition) is 8. The minimum absolute atomic E-state index is 0.0275. The van der Waals surface area contributed by atoms with Gasteiger partial charge in [0, 0.05) is 48.0 Å². The number of nitrogens with one attached hydrogen (secondary N) is 1. The SMILES string of the molecule is C=CC(=O)N1CCC[C@@H](Nc2nn(Cc3ccc(OC)cc3)c3nccc(Oc4cccc(-c5ncc(C)s5)c4)c23)C1. The van der Waals surface area contributed by atoms with Gasteiger partial charge >= 0.3 is 0 Å². The fourth-order valence-electron chi connectivity index (χ4n) is 5.20. The monoisotopic (exact) mass is 580 g/mol. The Bertz CT molecular complexity index is 1730. The van der Waals surface area contributed by atoms with Crippen LogP contribution in [-0.2, 0) is 11.3 Å². The lowest BCUT2D eigenvalue weighted by molar-refractivity contribution is -0.127. The van der Waals surface area contributed by atoms with Gasteiger partial charge in [-0.25, -0.2) is 14.6 Å². The average Bonchev–Trinajstić information content (AvgIpc) is 3.61. The third-order valence-corrected chi connectivity index (χ3v) is 8.23. The van der Waals surface area contributed by atoms with Crippen LogP contribution in [0, 0.1) is 6.92 Å². The normalized spacial score (nSPS) is 15.0. The number of amides is 1. The molecular weight excluding hydrogens is 548 g/mol. The smallest absolute Gasteiger partial charge is 0.246 e. The van der Waals surface area contributed by atoms with E-state index in [4.69, 9.17) is 19.6 Å². The summed E-state index contributed by atoms with van der Waals surface area (Å²) >= 11 is 1.65. The summed E-state index contributed by atoms with van der Waals surface area (Å²) < 4.78 is 13.7. The fourth-order valence-corrected chi connectivity index (χ4v) is 5.96. The molecule has 1 aliphatic heterocycles. The molecule has 0 aliphatic carbocycles. The van der Waals surface area contributed by atoms with Crippen LogP contribution in [0.5, 0.6) is 17.2 Å². The lowest BCUT2D eigenvalue weighted by Crippen LogP contribution is -2.44. The Morgan fingerprint density at radius 2 is 2.02 bits per heavy atom. The number of benzene rings is 2. The van der Waals surface area contributed by atoms with Gasteiger partial charge in [0.05, 0.1) is 13.7 Å². The van der Waals surface area contributed by atoms with Crippen molar-refractivity contribution in [3.8, 4) is 27.8 Å². The molecule has 2 aromatic carbocycles. The molecule has 4 heterocycles. The van der Waals surface area contributed by atoms with Crippen LogP contribution in [-0.4, -0.2) is 56.8 Å². The highest BCUT2D eigenvalue weighted by Gasteiger charge is 2.25. The van der Waals surface area contributed by atoms with Crippen LogP contribution in [0.1, 0.15) is 23.3 Å². The summed E-state index contributed by atoms with van der Waals surface area (Å²) in [6.45, 7) is 7.52. The van der Waals surface area contributed by atoms with Crippen LogP contribution in [0.4, 0.5) is 5.82 Å². The zero-order chi connectivity index (χ0) is 29.1. The van der Waals surface area contributed by atoms with Crippen molar-refractivity contribution in [1.82, 2.24) is 24.6 Å². The van der Waals surface area contributed by atoms with Crippen LogP contribution in [0.15, 0.2) is 79.6 Å². The van der Waals surface area contributed by atoms with Gasteiger partial charge in [0.25, 0.3) is 0 Å². The highest BCUT2D eigenvalue weighted by molar-refractivity contribution is 7.14. The highest BCUT2D eigenvalue weighted by Crippen LogP contribution is 2.36. The van der Waals surface area contributed by atoms with Gasteiger partial charge in [-0.15, -0.1) is 11.3 Å². The van der Waals surface area contributed by atoms with Gasteiger partial charge in [0.15, 0.2) is 11.5 Å². The minimum Gasteiger partial charge on any atom is -0.497 e. The van der Waals surface area contributed by atoms with Crippen LogP contribution in [0.3, 0.4) is 0 Å². The van der Waals surface area contributed by atoms with E-state index in [2.05, 4.69) is 16.9 Å². The van der Waals surface area contributed by atoms with Crippen LogP contribution < -0.4 is 14.8 Å². The van der Waals surface area contributed by atoms with Crippen molar-refractivity contribution in [3.05, 3.63) is 90.1 Å². The molecule has 1 N–H and O–H groups in total. The Labute approximate surface area is 248 Å². The van der Waals surface area contributed by atoms with Crippen LogP contribution in [0.2, 0.25) is 0 Å². The molecule has 0 unspecified atom stereocenters. The molecule has 1 amide bonds. The molecule has 5 aromatic rings. The van der Waals surface area contributed by atoms with Crippen molar-refractivity contribution >= 4 is 34.1 Å². The first kappa shape index (κ1) is 27.5. The van der Waals surface area contributed by atoms with Crippen molar-refractivity contribution < 1.29 is 14.3 Å². The van der Waals surface area contributed by atoms with E-state index in [0.29, 0.717) is 36.1 Å². The van der Waals surface area contributed by atoms with E-state index in [1.807, 2.05) is 77.3 Å². The lowest BCUT2D eigenvalue weighted by Gasteiger charge is -2.32. The molecule has 10 heteroatoms. The van der Waals surface area contributed by atoms with E-state index in [-0.39, 0.29) is 11.9 Å². The Morgan fingerprint density at radius 1 is 1.17 bits per heavy atom. The molecule has 0 bridgehead atoms. The number of aryl methyl sites for hydroxylation is 1. The lowest BCUT2D eigenvalue weighted by atomic mass is 10.1. The number of aromatic nitrogens is 4. The van der Waals surface area contributed by atoms with Gasteiger partial charge in [0.2, 0.25) is 5.91 Å². The second-order valence-corrected chi connectivity index (χ2v) is 11.5. The Morgan fingerprint density at radius 3 is 2.79 bits per heavy atom. The number of piperidine rings is 1. The number of carbonyl (C=O) groups is 1. The maximum atomic E-state index is 12.3. The predicted molar refractivity (Wildman–Crippen MR) is 165 cm³/mol. The van der Waals surface area contributed by atoms with Gasteiger partial charge in [-0.05, 0) is 55.7 Å². The molecule has 0 spiro atoms.